The van der Waals surface area contributed by atoms with Gasteiger partial charge in [0.2, 0.25) is 17.8 Å². The number of anilines is 4. The fraction of sp³-hybridized carbons (Fsp3) is 0.429. The maximum Gasteiger partial charge on any atom is 0.251 e. The number of ether oxygens (including phenoxy) is 2. The van der Waals surface area contributed by atoms with Crippen molar-refractivity contribution >= 4 is 29.4 Å². The largest absolute Gasteiger partial charge is 0.377 e. The van der Waals surface area contributed by atoms with E-state index in [9.17, 15) is 4.79 Å². The van der Waals surface area contributed by atoms with Crippen LogP contribution < -0.4 is 27.0 Å². The molecule has 11 heteroatoms. The van der Waals surface area contributed by atoms with E-state index in [2.05, 4.69) is 36.2 Å². The first kappa shape index (κ1) is 29.8. The van der Waals surface area contributed by atoms with Crippen LogP contribution in [0.3, 0.4) is 0 Å². The molecule has 0 bridgehead atoms. The summed E-state index contributed by atoms with van der Waals surface area (Å²) in [5.41, 5.74) is 7.09. The van der Waals surface area contributed by atoms with Gasteiger partial charge in [-0.25, -0.2) is 0 Å². The zero-order valence-corrected chi connectivity index (χ0v) is 22.4. The minimum Gasteiger partial charge on any atom is -0.377 e. The van der Waals surface area contributed by atoms with Crippen LogP contribution in [0.2, 0.25) is 0 Å². The summed E-state index contributed by atoms with van der Waals surface area (Å²) in [7, 11) is 0. The highest BCUT2D eigenvalue weighted by Crippen LogP contribution is 2.15. The molecule has 2 aromatic carbocycles. The molecule has 3 rings (SSSR count). The van der Waals surface area contributed by atoms with E-state index in [4.69, 9.17) is 15.2 Å². The van der Waals surface area contributed by atoms with Gasteiger partial charge in [0.15, 0.2) is 0 Å². The summed E-state index contributed by atoms with van der Waals surface area (Å²) in [4.78, 5) is 25.5. The lowest BCUT2D eigenvalue weighted by Gasteiger charge is -2.12. The summed E-state index contributed by atoms with van der Waals surface area (Å²) in [5.74, 6) is 1.32. The number of benzene rings is 2. The van der Waals surface area contributed by atoms with Crippen molar-refractivity contribution in [1.29, 1.82) is 0 Å². The molecule has 11 nitrogen and oxygen atoms in total. The Morgan fingerprint density at radius 2 is 1.26 bits per heavy atom. The average molecular weight is 537 g/mol. The van der Waals surface area contributed by atoms with Crippen LogP contribution in [0.15, 0.2) is 60.7 Å². The van der Waals surface area contributed by atoms with Gasteiger partial charge in [-0.2, -0.15) is 15.0 Å². The number of unbranched alkanes of at least 4 members (excludes halogenated alkanes) is 3. The lowest BCUT2D eigenvalue weighted by atomic mass is 10.2. The quantitative estimate of drug-likeness (QED) is 0.136. The van der Waals surface area contributed by atoms with Crippen LogP contribution in [-0.2, 0) is 9.47 Å². The predicted molar refractivity (Wildman–Crippen MR) is 154 cm³/mol. The van der Waals surface area contributed by atoms with Crippen molar-refractivity contribution in [1.82, 2.24) is 20.3 Å². The zero-order chi connectivity index (χ0) is 27.4. The van der Waals surface area contributed by atoms with Gasteiger partial charge >= 0.3 is 0 Å². The Morgan fingerprint density at radius 3 is 1.95 bits per heavy atom. The molecule has 0 spiro atoms. The van der Waals surface area contributed by atoms with E-state index in [1.165, 1.54) is 0 Å². The molecule has 210 valence electrons. The number of carbonyl (C=O) groups is 1. The molecule has 6 N–H and O–H groups in total. The van der Waals surface area contributed by atoms with Gasteiger partial charge in [0.1, 0.15) is 0 Å². The summed E-state index contributed by atoms with van der Waals surface area (Å²) in [6.45, 7) is 4.25. The monoisotopic (exact) mass is 536 g/mol. The highest BCUT2D eigenvalue weighted by Gasteiger charge is 2.07. The smallest absolute Gasteiger partial charge is 0.251 e. The van der Waals surface area contributed by atoms with Crippen molar-refractivity contribution in [2.45, 2.75) is 25.7 Å². The van der Waals surface area contributed by atoms with Gasteiger partial charge in [-0.05, 0) is 43.7 Å². The number of nitrogens with zero attached hydrogens (tertiary/aromatic N) is 3. The lowest BCUT2D eigenvalue weighted by molar-refractivity contribution is 0.0519. The molecule has 0 aliphatic rings. The molecule has 0 aliphatic heterocycles. The fourth-order valence-corrected chi connectivity index (χ4v) is 3.55. The Balaban J connectivity index is 1.33. The van der Waals surface area contributed by atoms with Crippen LogP contribution in [0.25, 0.3) is 0 Å². The number of hydrogen-bond donors (Lipinski definition) is 5. The van der Waals surface area contributed by atoms with E-state index in [1.807, 2.05) is 48.5 Å². The Bertz CT molecular complexity index is 1070. The maximum absolute atomic E-state index is 12.0. The summed E-state index contributed by atoms with van der Waals surface area (Å²) in [5, 5.41) is 12.5. The molecular formula is C28H40N8O3. The fourth-order valence-electron chi connectivity index (χ4n) is 3.55. The van der Waals surface area contributed by atoms with E-state index in [0.717, 1.165) is 44.5 Å². The number of aromatic nitrogens is 3. The summed E-state index contributed by atoms with van der Waals surface area (Å²) < 4.78 is 11.2. The van der Waals surface area contributed by atoms with Gasteiger partial charge in [0, 0.05) is 30.9 Å². The first-order valence-electron chi connectivity index (χ1n) is 13.5. The molecule has 1 aromatic heterocycles. The van der Waals surface area contributed by atoms with Crippen molar-refractivity contribution in [2.75, 3.05) is 68.6 Å². The van der Waals surface area contributed by atoms with Gasteiger partial charge < -0.3 is 36.5 Å². The van der Waals surface area contributed by atoms with Gasteiger partial charge in [-0.1, -0.05) is 49.2 Å². The molecule has 0 aliphatic carbocycles. The van der Waals surface area contributed by atoms with Gasteiger partial charge in [-0.15, -0.1) is 0 Å². The molecule has 0 atom stereocenters. The SMILES string of the molecule is NCCCCCCNc1nc(NCCOCCOCCNC(=O)c2ccccc2)nc(Nc2ccccc2)n1. The van der Waals surface area contributed by atoms with Crippen LogP contribution >= 0.6 is 0 Å². The topological polar surface area (TPSA) is 148 Å². The van der Waals surface area contributed by atoms with E-state index in [-0.39, 0.29) is 5.91 Å². The van der Waals surface area contributed by atoms with Crippen LogP contribution in [-0.4, -0.2) is 73.5 Å². The van der Waals surface area contributed by atoms with Crippen molar-refractivity contribution in [3.63, 3.8) is 0 Å². The number of nitrogens with one attached hydrogen (secondary N) is 4. The van der Waals surface area contributed by atoms with Crippen molar-refractivity contribution < 1.29 is 14.3 Å². The van der Waals surface area contributed by atoms with Gasteiger partial charge in [0.05, 0.1) is 26.4 Å². The Kier molecular flexibility index (Phi) is 14.1. The molecule has 1 heterocycles. The number of rotatable bonds is 20. The number of amides is 1. The van der Waals surface area contributed by atoms with Crippen LogP contribution in [0.4, 0.5) is 23.5 Å². The molecule has 0 unspecified atom stereocenters. The lowest BCUT2D eigenvalue weighted by Crippen LogP contribution is -2.27. The summed E-state index contributed by atoms with van der Waals surface area (Å²) in [6.07, 6.45) is 4.30. The van der Waals surface area contributed by atoms with Gasteiger partial charge in [0.25, 0.3) is 5.91 Å². The molecule has 0 saturated heterocycles. The first-order valence-corrected chi connectivity index (χ1v) is 13.5. The molecular weight excluding hydrogens is 496 g/mol. The number of carbonyl (C=O) groups excluding carboxylic acids is 1. The molecule has 0 fully saturated rings. The van der Waals surface area contributed by atoms with Crippen molar-refractivity contribution in [3.8, 4) is 0 Å². The summed E-state index contributed by atoms with van der Waals surface area (Å²) >= 11 is 0. The van der Waals surface area contributed by atoms with Crippen LogP contribution in [0.1, 0.15) is 36.0 Å². The van der Waals surface area contributed by atoms with Crippen LogP contribution in [0.5, 0.6) is 0 Å². The molecule has 0 saturated carbocycles. The third-order valence-electron chi connectivity index (χ3n) is 5.55. The Hall–Kier alpha value is -3.80. The number of hydrogen-bond acceptors (Lipinski definition) is 10. The minimum atomic E-state index is -0.108. The minimum absolute atomic E-state index is 0.108. The predicted octanol–water partition coefficient (Wildman–Crippen LogP) is 3.42. The first-order chi connectivity index (χ1) is 19.2. The zero-order valence-electron chi connectivity index (χ0n) is 22.4. The van der Waals surface area contributed by atoms with Gasteiger partial charge in [-0.3, -0.25) is 4.79 Å². The summed E-state index contributed by atoms with van der Waals surface area (Å²) in [6, 6.07) is 18.9. The molecule has 0 radical (unpaired) electrons. The average Bonchev–Trinajstić information content (AvgIpc) is 2.96. The van der Waals surface area contributed by atoms with Crippen molar-refractivity contribution in [2.24, 2.45) is 5.73 Å². The number of nitrogens with two attached hydrogens (primary N) is 1. The van der Waals surface area contributed by atoms with E-state index in [0.29, 0.717) is 62.9 Å². The third-order valence-corrected chi connectivity index (χ3v) is 5.55. The number of para-hydroxylation sites is 1. The third kappa shape index (κ3) is 12.5. The van der Waals surface area contributed by atoms with E-state index in [1.54, 1.807) is 12.1 Å². The normalized spacial score (nSPS) is 10.7. The maximum atomic E-state index is 12.0. The Labute approximate surface area is 230 Å². The molecule has 1 amide bonds. The van der Waals surface area contributed by atoms with Crippen molar-refractivity contribution in [3.05, 3.63) is 66.2 Å². The molecule has 3 aromatic rings. The van der Waals surface area contributed by atoms with Crippen LogP contribution in [0, 0.1) is 0 Å². The highest BCUT2D eigenvalue weighted by molar-refractivity contribution is 5.94. The van der Waals surface area contributed by atoms with E-state index < -0.39 is 0 Å². The second kappa shape index (κ2) is 18.5. The Morgan fingerprint density at radius 1 is 0.667 bits per heavy atom. The second-order valence-corrected chi connectivity index (χ2v) is 8.70. The second-order valence-electron chi connectivity index (χ2n) is 8.70. The van der Waals surface area contributed by atoms with E-state index >= 15 is 0 Å². The standard InChI is InChI=1S/C28H40N8O3/c29-15-9-1-2-10-16-31-26-34-27(36-28(35-26)33-24-13-7-4-8-14-24)32-18-20-39-22-21-38-19-17-30-25(37)23-11-5-3-6-12-23/h3-8,11-14H,1-2,9-10,15-22,29H2,(H,30,37)(H3,31,32,33,34,35,36). The highest BCUT2D eigenvalue weighted by atomic mass is 16.5. The molecule has 39 heavy (non-hydrogen) atoms.